The molecular formula is C13H14N2O2. The largest absolute Gasteiger partial charge is 0.381 e. The molecule has 0 bridgehead atoms. The number of carbonyl (C=O) groups excluding carboxylic acids is 1. The number of hydrogen-bond donors (Lipinski definition) is 0. The molecule has 0 radical (unpaired) electrons. The van der Waals surface area contributed by atoms with E-state index in [1.165, 1.54) is 0 Å². The Bertz CT molecular complexity index is 541. The van der Waals surface area contributed by atoms with E-state index < -0.39 is 0 Å². The van der Waals surface area contributed by atoms with Gasteiger partial charge in [0.15, 0.2) is 5.78 Å². The number of hydrogen-bond acceptors (Lipinski definition) is 3. The summed E-state index contributed by atoms with van der Waals surface area (Å²) in [5, 5.41) is 4.20. The van der Waals surface area contributed by atoms with E-state index in [9.17, 15) is 4.79 Å². The topological polar surface area (TPSA) is 43.6 Å². The number of aromatic nitrogens is 2. The van der Waals surface area contributed by atoms with E-state index in [1.807, 2.05) is 24.4 Å². The fraction of sp³-hybridized carbons (Fsp3) is 0.385. The predicted molar refractivity (Wildman–Crippen MR) is 63.1 cm³/mol. The molecule has 0 N–H and O–H groups in total. The third kappa shape index (κ3) is 1.85. The molecule has 4 heteroatoms. The van der Waals surface area contributed by atoms with Gasteiger partial charge in [-0.2, -0.15) is 5.10 Å². The number of Topliss-reactive ketones (excluding diaryl/α,β-unsaturated/α-hetero) is 1. The summed E-state index contributed by atoms with van der Waals surface area (Å²) in [5.41, 5.74) is 1.63. The van der Waals surface area contributed by atoms with E-state index in [0.29, 0.717) is 13.2 Å². The van der Waals surface area contributed by atoms with Crippen LogP contribution in [-0.4, -0.2) is 28.6 Å². The number of ether oxygens (including phenoxy) is 1. The van der Waals surface area contributed by atoms with Gasteiger partial charge in [0, 0.05) is 25.3 Å². The second-order valence-electron chi connectivity index (χ2n) is 4.34. The zero-order chi connectivity index (χ0) is 11.7. The van der Waals surface area contributed by atoms with Crippen LogP contribution in [0, 0.1) is 5.92 Å². The molecule has 88 valence electrons. The quantitative estimate of drug-likeness (QED) is 0.740. The Hall–Kier alpha value is -1.68. The van der Waals surface area contributed by atoms with Crippen molar-refractivity contribution in [2.75, 3.05) is 13.2 Å². The molecule has 1 aliphatic rings. The van der Waals surface area contributed by atoms with Gasteiger partial charge in [0.25, 0.3) is 0 Å². The van der Waals surface area contributed by atoms with Crippen molar-refractivity contribution in [3.8, 4) is 0 Å². The number of fused-ring (bicyclic) bond motifs is 1. The Kier molecular flexibility index (Phi) is 2.65. The highest BCUT2D eigenvalue weighted by Gasteiger charge is 2.24. The second kappa shape index (κ2) is 4.30. The summed E-state index contributed by atoms with van der Waals surface area (Å²) in [4.78, 5) is 12.4. The summed E-state index contributed by atoms with van der Waals surface area (Å²) >= 11 is 0. The van der Waals surface area contributed by atoms with Crippen LogP contribution in [0.15, 0.2) is 30.6 Å². The minimum Gasteiger partial charge on any atom is -0.381 e. The molecular weight excluding hydrogens is 216 g/mol. The van der Waals surface area contributed by atoms with Crippen molar-refractivity contribution in [2.24, 2.45) is 5.92 Å². The van der Waals surface area contributed by atoms with Gasteiger partial charge in [-0.1, -0.05) is 6.07 Å². The number of carbonyl (C=O) groups is 1. The van der Waals surface area contributed by atoms with Crippen LogP contribution < -0.4 is 0 Å². The standard InChI is InChI=1S/C13H14N2O2/c16-13(10-4-7-17-8-5-10)11-9-14-15-6-2-1-3-12(11)15/h1-3,6,9-10H,4-5,7-8H2. The fourth-order valence-electron chi connectivity index (χ4n) is 2.30. The van der Waals surface area contributed by atoms with Crippen molar-refractivity contribution in [3.05, 3.63) is 36.2 Å². The van der Waals surface area contributed by atoms with Gasteiger partial charge in [-0.25, -0.2) is 4.52 Å². The molecule has 17 heavy (non-hydrogen) atoms. The molecule has 0 aliphatic carbocycles. The summed E-state index contributed by atoms with van der Waals surface area (Å²) in [7, 11) is 0. The molecule has 0 atom stereocenters. The average Bonchev–Trinajstić information content (AvgIpc) is 2.83. The number of nitrogens with zero attached hydrogens (tertiary/aromatic N) is 2. The highest BCUT2D eigenvalue weighted by atomic mass is 16.5. The molecule has 0 saturated carbocycles. The molecule has 1 aliphatic heterocycles. The minimum atomic E-state index is 0.0944. The highest BCUT2D eigenvalue weighted by molar-refractivity contribution is 6.03. The third-order valence-corrected chi connectivity index (χ3v) is 3.28. The lowest BCUT2D eigenvalue weighted by molar-refractivity contribution is 0.0546. The average molecular weight is 230 g/mol. The zero-order valence-corrected chi connectivity index (χ0v) is 9.50. The van der Waals surface area contributed by atoms with Crippen LogP contribution in [0.5, 0.6) is 0 Å². The van der Waals surface area contributed by atoms with Crippen molar-refractivity contribution in [2.45, 2.75) is 12.8 Å². The van der Waals surface area contributed by atoms with Crippen LogP contribution in [0.1, 0.15) is 23.2 Å². The first-order valence-corrected chi connectivity index (χ1v) is 5.90. The van der Waals surface area contributed by atoms with Crippen LogP contribution in [-0.2, 0) is 4.74 Å². The molecule has 2 aromatic heterocycles. The Balaban J connectivity index is 1.95. The van der Waals surface area contributed by atoms with E-state index in [1.54, 1.807) is 10.7 Å². The molecule has 0 spiro atoms. The summed E-state index contributed by atoms with van der Waals surface area (Å²) in [6.45, 7) is 1.38. The Morgan fingerprint density at radius 2 is 2.18 bits per heavy atom. The maximum absolute atomic E-state index is 12.4. The second-order valence-corrected chi connectivity index (χ2v) is 4.34. The van der Waals surface area contributed by atoms with E-state index in [2.05, 4.69) is 5.10 Å². The lowest BCUT2D eigenvalue weighted by Gasteiger charge is -2.20. The van der Waals surface area contributed by atoms with Gasteiger partial charge in [-0.3, -0.25) is 4.79 Å². The van der Waals surface area contributed by atoms with Gasteiger partial charge in [-0.05, 0) is 25.0 Å². The van der Waals surface area contributed by atoms with Crippen LogP contribution >= 0.6 is 0 Å². The van der Waals surface area contributed by atoms with E-state index in [0.717, 1.165) is 23.9 Å². The van der Waals surface area contributed by atoms with Crippen LogP contribution in [0.4, 0.5) is 0 Å². The van der Waals surface area contributed by atoms with Crippen molar-refractivity contribution < 1.29 is 9.53 Å². The molecule has 0 amide bonds. The molecule has 2 aromatic rings. The molecule has 0 unspecified atom stereocenters. The van der Waals surface area contributed by atoms with Crippen LogP contribution in [0.3, 0.4) is 0 Å². The maximum atomic E-state index is 12.4. The maximum Gasteiger partial charge on any atom is 0.169 e. The lowest BCUT2D eigenvalue weighted by Crippen LogP contribution is -2.23. The number of ketones is 1. The third-order valence-electron chi connectivity index (χ3n) is 3.28. The Morgan fingerprint density at radius 3 is 3.00 bits per heavy atom. The summed E-state index contributed by atoms with van der Waals surface area (Å²) in [5.74, 6) is 0.298. The molecule has 4 nitrogen and oxygen atoms in total. The Morgan fingerprint density at radius 1 is 1.35 bits per heavy atom. The molecule has 3 heterocycles. The Labute approximate surface area is 99.2 Å². The van der Waals surface area contributed by atoms with E-state index in [4.69, 9.17) is 4.74 Å². The highest BCUT2D eigenvalue weighted by Crippen LogP contribution is 2.22. The van der Waals surface area contributed by atoms with Crippen LogP contribution in [0.25, 0.3) is 5.52 Å². The normalized spacial score (nSPS) is 17.4. The first-order chi connectivity index (χ1) is 8.36. The van der Waals surface area contributed by atoms with Gasteiger partial charge in [0.05, 0.1) is 17.3 Å². The van der Waals surface area contributed by atoms with E-state index in [-0.39, 0.29) is 11.7 Å². The summed E-state index contributed by atoms with van der Waals surface area (Å²) < 4.78 is 7.02. The monoisotopic (exact) mass is 230 g/mol. The van der Waals surface area contributed by atoms with E-state index >= 15 is 0 Å². The molecule has 3 rings (SSSR count). The van der Waals surface area contributed by atoms with Crippen molar-refractivity contribution in [1.82, 2.24) is 9.61 Å². The molecule has 1 fully saturated rings. The SMILES string of the molecule is O=C(c1cnn2ccccc12)C1CCOCC1. The van der Waals surface area contributed by atoms with Gasteiger partial charge < -0.3 is 4.74 Å². The minimum absolute atomic E-state index is 0.0944. The molecule has 0 aromatic carbocycles. The van der Waals surface area contributed by atoms with Gasteiger partial charge in [0.2, 0.25) is 0 Å². The number of pyridine rings is 1. The zero-order valence-electron chi connectivity index (χ0n) is 9.50. The predicted octanol–water partition coefficient (Wildman–Crippen LogP) is 1.94. The first kappa shape index (κ1) is 10.5. The van der Waals surface area contributed by atoms with Gasteiger partial charge in [-0.15, -0.1) is 0 Å². The smallest absolute Gasteiger partial charge is 0.169 e. The number of rotatable bonds is 2. The fourth-order valence-corrected chi connectivity index (χ4v) is 2.30. The van der Waals surface area contributed by atoms with Gasteiger partial charge in [0.1, 0.15) is 0 Å². The lowest BCUT2D eigenvalue weighted by atomic mass is 9.91. The van der Waals surface area contributed by atoms with Gasteiger partial charge >= 0.3 is 0 Å². The first-order valence-electron chi connectivity index (χ1n) is 5.90. The van der Waals surface area contributed by atoms with Crippen LogP contribution in [0.2, 0.25) is 0 Å². The molecule has 1 saturated heterocycles. The van der Waals surface area contributed by atoms with Crippen molar-refractivity contribution >= 4 is 11.3 Å². The summed E-state index contributed by atoms with van der Waals surface area (Å²) in [6, 6.07) is 5.76. The summed E-state index contributed by atoms with van der Waals surface area (Å²) in [6.07, 6.45) is 5.18. The van der Waals surface area contributed by atoms with Crippen molar-refractivity contribution in [3.63, 3.8) is 0 Å². The van der Waals surface area contributed by atoms with Crippen molar-refractivity contribution in [1.29, 1.82) is 0 Å².